The minimum absolute atomic E-state index is 0.416. The van der Waals surface area contributed by atoms with Crippen molar-refractivity contribution >= 4 is 0 Å². The first-order valence-electron chi connectivity index (χ1n) is 7.85. The van der Waals surface area contributed by atoms with Gasteiger partial charge >= 0.3 is 0 Å². The molecule has 3 heteroatoms. The highest BCUT2D eigenvalue weighted by atomic mass is 16.5. The van der Waals surface area contributed by atoms with Gasteiger partial charge in [0.15, 0.2) is 0 Å². The van der Waals surface area contributed by atoms with Crippen LogP contribution >= 0.6 is 0 Å². The molecular weight excluding hydrogens is 248 g/mol. The lowest BCUT2D eigenvalue weighted by Gasteiger charge is -2.20. The van der Waals surface area contributed by atoms with E-state index in [1.165, 1.54) is 24.9 Å². The van der Waals surface area contributed by atoms with E-state index >= 15 is 0 Å². The molecule has 112 valence electrons. The quantitative estimate of drug-likeness (QED) is 0.827. The van der Waals surface area contributed by atoms with Gasteiger partial charge in [-0.05, 0) is 64.0 Å². The van der Waals surface area contributed by atoms with Gasteiger partial charge in [-0.2, -0.15) is 0 Å². The predicted octanol–water partition coefficient (Wildman–Crippen LogP) is 3.22. The zero-order valence-electron chi connectivity index (χ0n) is 13.1. The van der Waals surface area contributed by atoms with Crippen LogP contribution in [0.25, 0.3) is 0 Å². The molecule has 20 heavy (non-hydrogen) atoms. The molecule has 0 radical (unpaired) electrons. The molecule has 0 amide bonds. The largest absolute Gasteiger partial charge is 0.494 e. The normalized spacial score (nSPS) is 21.1. The van der Waals surface area contributed by atoms with Gasteiger partial charge in [0.25, 0.3) is 0 Å². The third-order valence-corrected chi connectivity index (χ3v) is 4.41. The second kappa shape index (κ2) is 7.65. The van der Waals surface area contributed by atoms with Crippen LogP contribution in [0.4, 0.5) is 0 Å². The second-order valence-electron chi connectivity index (χ2n) is 5.74. The Morgan fingerprint density at radius 2 is 2.30 bits per heavy atom. The van der Waals surface area contributed by atoms with E-state index in [0.29, 0.717) is 12.1 Å². The van der Waals surface area contributed by atoms with Crippen molar-refractivity contribution in [1.82, 2.24) is 10.2 Å². The summed E-state index contributed by atoms with van der Waals surface area (Å²) in [6.45, 7) is 4.25. The summed E-state index contributed by atoms with van der Waals surface area (Å²) in [7, 11) is 4.23. The van der Waals surface area contributed by atoms with E-state index in [4.69, 9.17) is 4.74 Å². The Morgan fingerprint density at radius 3 is 2.95 bits per heavy atom. The Labute approximate surface area is 123 Å². The molecule has 2 unspecified atom stereocenters. The fourth-order valence-electron chi connectivity index (χ4n) is 3.08. The van der Waals surface area contributed by atoms with Crippen molar-refractivity contribution in [1.29, 1.82) is 0 Å². The van der Waals surface area contributed by atoms with Gasteiger partial charge in [-0.3, -0.25) is 0 Å². The molecule has 2 rings (SSSR count). The van der Waals surface area contributed by atoms with Crippen molar-refractivity contribution in [2.75, 3.05) is 27.2 Å². The van der Waals surface area contributed by atoms with Crippen LogP contribution in [-0.4, -0.2) is 38.2 Å². The van der Waals surface area contributed by atoms with Crippen LogP contribution in [-0.2, 0) is 0 Å². The summed E-state index contributed by atoms with van der Waals surface area (Å²) in [4.78, 5) is 2.45. The number of nitrogens with one attached hydrogen (secondary N) is 1. The van der Waals surface area contributed by atoms with Crippen LogP contribution in [0.5, 0.6) is 5.75 Å². The van der Waals surface area contributed by atoms with Crippen LogP contribution in [0.2, 0.25) is 0 Å². The molecule has 0 bridgehead atoms. The van der Waals surface area contributed by atoms with Gasteiger partial charge in [-0.15, -0.1) is 0 Å². The fraction of sp³-hybridized carbons (Fsp3) is 0.647. The third kappa shape index (κ3) is 3.97. The van der Waals surface area contributed by atoms with Crippen molar-refractivity contribution < 1.29 is 4.74 Å². The van der Waals surface area contributed by atoms with Crippen LogP contribution in [0.3, 0.4) is 0 Å². The highest BCUT2D eigenvalue weighted by Gasteiger charge is 2.20. The van der Waals surface area contributed by atoms with E-state index < -0.39 is 0 Å². The van der Waals surface area contributed by atoms with E-state index in [0.717, 1.165) is 25.2 Å². The highest BCUT2D eigenvalue weighted by molar-refractivity contribution is 5.30. The van der Waals surface area contributed by atoms with Gasteiger partial charge in [-0.25, -0.2) is 0 Å². The summed E-state index contributed by atoms with van der Waals surface area (Å²) in [5.41, 5.74) is 1.31. The van der Waals surface area contributed by atoms with Crippen LogP contribution in [0, 0.1) is 0 Å². The maximum Gasteiger partial charge on any atom is 0.119 e. The van der Waals surface area contributed by atoms with Crippen molar-refractivity contribution in [2.45, 2.75) is 44.7 Å². The molecule has 1 saturated heterocycles. The van der Waals surface area contributed by atoms with Gasteiger partial charge in [0.2, 0.25) is 0 Å². The minimum Gasteiger partial charge on any atom is -0.494 e. The molecule has 1 aromatic rings. The lowest BCUT2D eigenvalue weighted by atomic mass is 10.0. The summed E-state index contributed by atoms with van der Waals surface area (Å²) < 4.78 is 5.94. The number of hydrogen-bond donors (Lipinski definition) is 1. The number of rotatable bonds is 7. The van der Waals surface area contributed by atoms with E-state index in [2.05, 4.69) is 48.5 Å². The number of benzene rings is 1. The van der Waals surface area contributed by atoms with Gasteiger partial charge in [0.1, 0.15) is 5.75 Å². The number of ether oxygens (including phenoxy) is 1. The molecule has 1 heterocycles. The first-order chi connectivity index (χ1) is 9.74. The van der Waals surface area contributed by atoms with Crippen LogP contribution in [0.1, 0.15) is 44.2 Å². The van der Waals surface area contributed by atoms with Crippen molar-refractivity contribution in [3.05, 3.63) is 29.8 Å². The van der Waals surface area contributed by atoms with Gasteiger partial charge < -0.3 is 15.0 Å². The van der Waals surface area contributed by atoms with E-state index in [-0.39, 0.29) is 0 Å². The summed E-state index contributed by atoms with van der Waals surface area (Å²) in [6, 6.07) is 9.61. The lowest BCUT2D eigenvalue weighted by Crippen LogP contribution is -2.26. The van der Waals surface area contributed by atoms with Gasteiger partial charge in [0, 0.05) is 12.1 Å². The molecule has 1 fully saturated rings. The van der Waals surface area contributed by atoms with Crippen LogP contribution in [0.15, 0.2) is 24.3 Å². The number of nitrogens with zero attached hydrogens (tertiary/aromatic N) is 1. The average molecular weight is 276 g/mol. The Morgan fingerprint density at radius 1 is 1.45 bits per heavy atom. The predicted molar refractivity (Wildman–Crippen MR) is 84.3 cm³/mol. The molecule has 1 N–H and O–H groups in total. The SMILES string of the molecule is CCC(NC)c1cccc(OCCC2CCCN2C)c1. The minimum atomic E-state index is 0.416. The molecule has 1 aliphatic rings. The Bertz CT molecular complexity index is 404. The third-order valence-electron chi connectivity index (χ3n) is 4.41. The van der Waals surface area contributed by atoms with E-state index in [1.54, 1.807) is 0 Å². The monoisotopic (exact) mass is 276 g/mol. The Balaban J connectivity index is 1.85. The van der Waals surface area contributed by atoms with Gasteiger partial charge in [0.05, 0.1) is 6.61 Å². The lowest BCUT2D eigenvalue weighted by molar-refractivity contribution is 0.233. The summed E-state index contributed by atoms with van der Waals surface area (Å²) in [5, 5.41) is 3.34. The van der Waals surface area contributed by atoms with Gasteiger partial charge in [-0.1, -0.05) is 19.1 Å². The number of hydrogen-bond acceptors (Lipinski definition) is 3. The second-order valence-corrected chi connectivity index (χ2v) is 5.74. The van der Waals surface area contributed by atoms with Crippen molar-refractivity contribution in [2.24, 2.45) is 0 Å². The summed E-state index contributed by atoms with van der Waals surface area (Å²) in [5.74, 6) is 0.997. The fourth-order valence-corrected chi connectivity index (χ4v) is 3.08. The first kappa shape index (κ1) is 15.3. The molecule has 1 aromatic carbocycles. The standard InChI is InChI=1S/C17H28N2O/c1-4-17(18-2)14-7-5-9-16(13-14)20-12-10-15-8-6-11-19(15)3/h5,7,9,13,15,17-18H,4,6,8,10-12H2,1-3H3. The topological polar surface area (TPSA) is 24.5 Å². The van der Waals surface area contributed by atoms with Crippen molar-refractivity contribution in [3.8, 4) is 5.75 Å². The molecule has 3 nitrogen and oxygen atoms in total. The summed E-state index contributed by atoms with van der Waals surface area (Å²) >= 11 is 0. The molecule has 2 atom stereocenters. The maximum atomic E-state index is 5.94. The molecule has 0 aromatic heterocycles. The molecule has 0 spiro atoms. The molecular formula is C17H28N2O. The van der Waals surface area contributed by atoms with E-state index in [9.17, 15) is 0 Å². The van der Waals surface area contributed by atoms with Crippen molar-refractivity contribution in [3.63, 3.8) is 0 Å². The zero-order chi connectivity index (χ0) is 14.4. The van der Waals surface area contributed by atoms with Crippen LogP contribution < -0.4 is 10.1 Å². The smallest absolute Gasteiger partial charge is 0.119 e. The first-order valence-corrected chi connectivity index (χ1v) is 7.85. The Hall–Kier alpha value is -1.06. The maximum absolute atomic E-state index is 5.94. The number of likely N-dealkylation sites (tertiary alicyclic amines) is 1. The molecule has 0 aliphatic carbocycles. The molecule has 1 aliphatic heterocycles. The average Bonchev–Trinajstić information content (AvgIpc) is 2.86. The highest BCUT2D eigenvalue weighted by Crippen LogP contribution is 2.22. The summed E-state index contributed by atoms with van der Waals surface area (Å²) in [6.07, 6.45) is 4.87. The van der Waals surface area contributed by atoms with E-state index in [1.807, 2.05) is 7.05 Å². The zero-order valence-corrected chi connectivity index (χ0v) is 13.1. The molecule has 0 saturated carbocycles. The Kier molecular flexibility index (Phi) is 5.86.